The van der Waals surface area contributed by atoms with Crippen LogP contribution in [0, 0.1) is 11.6 Å². The Morgan fingerprint density at radius 1 is 1.38 bits per heavy atom. The maximum atomic E-state index is 13.4. The summed E-state index contributed by atoms with van der Waals surface area (Å²) >= 11 is 0. The van der Waals surface area contributed by atoms with Crippen molar-refractivity contribution in [3.05, 3.63) is 53.6 Å². The fraction of sp³-hybridized carbons (Fsp3) is 0.182. The van der Waals surface area contributed by atoms with E-state index in [1.165, 1.54) is 12.3 Å². The molecule has 1 unspecified atom stereocenters. The summed E-state index contributed by atoms with van der Waals surface area (Å²) in [4.78, 5) is 3.91. The number of nitrogens with zero attached hydrogens (tertiary/aromatic N) is 2. The van der Waals surface area contributed by atoms with Crippen LogP contribution in [0.25, 0.3) is 0 Å². The minimum absolute atomic E-state index is 0.00991. The summed E-state index contributed by atoms with van der Waals surface area (Å²) in [6.45, 7) is 0. The SMILES string of the molecule is Cn1ccnc1C(O)c1ccc(F)cc1F. The van der Waals surface area contributed by atoms with Crippen molar-refractivity contribution < 1.29 is 13.9 Å². The smallest absolute Gasteiger partial charge is 0.142 e. The molecule has 5 heteroatoms. The summed E-state index contributed by atoms with van der Waals surface area (Å²) in [6, 6.07) is 3.05. The molecule has 1 heterocycles. The van der Waals surface area contributed by atoms with Crippen molar-refractivity contribution in [3.8, 4) is 0 Å². The Morgan fingerprint density at radius 2 is 2.12 bits per heavy atom. The molecule has 1 aromatic heterocycles. The predicted octanol–water partition coefficient (Wildman–Crippen LogP) is 1.78. The third kappa shape index (κ3) is 1.81. The van der Waals surface area contributed by atoms with Crippen molar-refractivity contribution in [2.45, 2.75) is 6.10 Å². The minimum Gasteiger partial charge on any atom is -0.380 e. The minimum atomic E-state index is -1.19. The number of aliphatic hydroxyl groups is 1. The van der Waals surface area contributed by atoms with Crippen LogP contribution < -0.4 is 0 Å². The van der Waals surface area contributed by atoms with Crippen LogP contribution in [0.5, 0.6) is 0 Å². The zero-order chi connectivity index (χ0) is 11.7. The number of aliphatic hydroxyl groups excluding tert-OH is 1. The van der Waals surface area contributed by atoms with Crippen molar-refractivity contribution in [2.24, 2.45) is 7.05 Å². The van der Waals surface area contributed by atoms with Gasteiger partial charge in [0, 0.05) is 31.1 Å². The highest BCUT2D eigenvalue weighted by Crippen LogP contribution is 2.23. The van der Waals surface area contributed by atoms with Gasteiger partial charge in [-0.2, -0.15) is 0 Å². The van der Waals surface area contributed by atoms with Crippen LogP contribution in [-0.4, -0.2) is 14.7 Å². The quantitative estimate of drug-likeness (QED) is 0.844. The van der Waals surface area contributed by atoms with E-state index in [1.807, 2.05) is 0 Å². The maximum absolute atomic E-state index is 13.4. The molecule has 84 valence electrons. The molecule has 1 N–H and O–H groups in total. The Kier molecular flexibility index (Phi) is 2.70. The van der Waals surface area contributed by atoms with E-state index in [2.05, 4.69) is 4.98 Å². The first-order valence-corrected chi connectivity index (χ1v) is 4.70. The van der Waals surface area contributed by atoms with Crippen LogP contribution in [0.2, 0.25) is 0 Å². The van der Waals surface area contributed by atoms with E-state index in [9.17, 15) is 13.9 Å². The fourth-order valence-corrected chi connectivity index (χ4v) is 1.50. The molecule has 3 nitrogen and oxygen atoms in total. The molecule has 0 aliphatic rings. The molecule has 0 fully saturated rings. The van der Waals surface area contributed by atoms with Crippen molar-refractivity contribution in [1.29, 1.82) is 0 Å². The number of rotatable bonds is 2. The first-order valence-electron chi connectivity index (χ1n) is 4.70. The molecular formula is C11H10F2N2O. The van der Waals surface area contributed by atoms with E-state index in [1.54, 1.807) is 17.8 Å². The zero-order valence-electron chi connectivity index (χ0n) is 8.56. The summed E-state index contributed by atoms with van der Waals surface area (Å²) in [5, 5.41) is 9.89. The van der Waals surface area contributed by atoms with Crippen LogP contribution in [0.15, 0.2) is 30.6 Å². The summed E-state index contributed by atoms with van der Waals surface area (Å²) < 4.78 is 27.7. The molecule has 0 spiro atoms. The molecule has 2 aromatic rings. The second-order valence-electron chi connectivity index (χ2n) is 3.46. The molecule has 0 amide bonds. The van der Waals surface area contributed by atoms with Gasteiger partial charge in [0.25, 0.3) is 0 Å². The molecule has 1 atom stereocenters. The van der Waals surface area contributed by atoms with Gasteiger partial charge in [-0.15, -0.1) is 0 Å². The predicted molar refractivity (Wildman–Crippen MR) is 53.6 cm³/mol. The van der Waals surface area contributed by atoms with Gasteiger partial charge in [-0.1, -0.05) is 6.07 Å². The van der Waals surface area contributed by atoms with Gasteiger partial charge in [0.1, 0.15) is 23.6 Å². The van der Waals surface area contributed by atoms with Gasteiger partial charge in [0.2, 0.25) is 0 Å². The Labute approximate surface area is 91.0 Å². The van der Waals surface area contributed by atoms with Crippen LogP contribution in [0.1, 0.15) is 17.5 Å². The standard InChI is InChI=1S/C11H10F2N2O/c1-15-5-4-14-11(15)10(16)8-3-2-7(12)6-9(8)13/h2-6,10,16H,1H3. The van der Waals surface area contributed by atoms with Gasteiger partial charge in [-0.25, -0.2) is 13.8 Å². The molecule has 0 aliphatic heterocycles. The summed E-state index contributed by atoms with van der Waals surface area (Å²) in [5.74, 6) is -1.14. The number of benzene rings is 1. The number of halogens is 2. The van der Waals surface area contributed by atoms with Crippen molar-refractivity contribution in [3.63, 3.8) is 0 Å². The molecule has 0 saturated carbocycles. The topological polar surface area (TPSA) is 38.0 Å². The second-order valence-corrected chi connectivity index (χ2v) is 3.46. The maximum Gasteiger partial charge on any atom is 0.142 e. The van der Waals surface area contributed by atoms with E-state index in [0.717, 1.165) is 12.1 Å². The fourth-order valence-electron chi connectivity index (χ4n) is 1.50. The lowest BCUT2D eigenvalue weighted by Gasteiger charge is -2.11. The largest absolute Gasteiger partial charge is 0.380 e. The highest BCUT2D eigenvalue weighted by molar-refractivity contribution is 5.25. The van der Waals surface area contributed by atoms with Crippen LogP contribution in [0.4, 0.5) is 8.78 Å². The third-order valence-electron chi connectivity index (χ3n) is 2.36. The lowest BCUT2D eigenvalue weighted by molar-refractivity contribution is 0.201. The lowest BCUT2D eigenvalue weighted by atomic mass is 10.1. The highest BCUT2D eigenvalue weighted by Gasteiger charge is 2.18. The number of aryl methyl sites for hydroxylation is 1. The van der Waals surface area contributed by atoms with Gasteiger partial charge < -0.3 is 9.67 Å². The van der Waals surface area contributed by atoms with E-state index >= 15 is 0 Å². The molecule has 16 heavy (non-hydrogen) atoms. The third-order valence-corrected chi connectivity index (χ3v) is 2.36. The van der Waals surface area contributed by atoms with Gasteiger partial charge >= 0.3 is 0 Å². The van der Waals surface area contributed by atoms with Gasteiger partial charge in [-0.05, 0) is 6.07 Å². The second kappa shape index (κ2) is 4.02. The number of hydrogen-bond acceptors (Lipinski definition) is 2. The van der Waals surface area contributed by atoms with Gasteiger partial charge in [-0.3, -0.25) is 0 Å². The van der Waals surface area contributed by atoms with Crippen LogP contribution in [-0.2, 0) is 7.05 Å². The Bertz CT molecular complexity index is 510. The van der Waals surface area contributed by atoms with Crippen molar-refractivity contribution in [1.82, 2.24) is 9.55 Å². The number of imidazole rings is 1. The van der Waals surface area contributed by atoms with E-state index in [0.29, 0.717) is 5.82 Å². The molecule has 2 rings (SSSR count). The first kappa shape index (κ1) is 10.8. The lowest BCUT2D eigenvalue weighted by Crippen LogP contribution is -2.08. The van der Waals surface area contributed by atoms with E-state index < -0.39 is 17.7 Å². The van der Waals surface area contributed by atoms with Crippen molar-refractivity contribution >= 4 is 0 Å². The summed E-state index contributed by atoms with van der Waals surface area (Å²) in [5.41, 5.74) is 0.00991. The van der Waals surface area contributed by atoms with Gasteiger partial charge in [0.05, 0.1) is 0 Å². The van der Waals surface area contributed by atoms with Crippen LogP contribution in [0.3, 0.4) is 0 Å². The zero-order valence-corrected chi connectivity index (χ0v) is 8.56. The highest BCUT2D eigenvalue weighted by atomic mass is 19.1. The Hall–Kier alpha value is -1.75. The monoisotopic (exact) mass is 224 g/mol. The molecule has 1 aromatic carbocycles. The van der Waals surface area contributed by atoms with Crippen molar-refractivity contribution in [2.75, 3.05) is 0 Å². The number of aromatic nitrogens is 2. The molecule has 0 radical (unpaired) electrons. The summed E-state index contributed by atoms with van der Waals surface area (Å²) in [6.07, 6.45) is 1.94. The first-order chi connectivity index (χ1) is 7.59. The van der Waals surface area contributed by atoms with E-state index in [-0.39, 0.29) is 5.56 Å². The normalized spacial score (nSPS) is 12.8. The van der Waals surface area contributed by atoms with Gasteiger partial charge in [0.15, 0.2) is 0 Å². The van der Waals surface area contributed by atoms with E-state index in [4.69, 9.17) is 0 Å². The Balaban J connectivity index is 2.41. The molecular weight excluding hydrogens is 214 g/mol. The molecule has 0 aliphatic carbocycles. The number of hydrogen-bond donors (Lipinski definition) is 1. The van der Waals surface area contributed by atoms with Crippen LogP contribution >= 0.6 is 0 Å². The molecule has 0 bridgehead atoms. The molecule has 0 saturated heterocycles. The Morgan fingerprint density at radius 3 is 2.69 bits per heavy atom. The summed E-state index contributed by atoms with van der Waals surface area (Å²) in [7, 11) is 1.69. The average Bonchev–Trinajstić information content (AvgIpc) is 2.63. The average molecular weight is 224 g/mol.